The lowest BCUT2D eigenvalue weighted by atomic mass is 10.0. The van der Waals surface area contributed by atoms with E-state index in [4.69, 9.17) is 4.74 Å². The Morgan fingerprint density at radius 3 is 3.00 bits per heavy atom. The van der Waals surface area contributed by atoms with Gasteiger partial charge in [0.15, 0.2) is 11.6 Å². The molecule has 5 rings (SSSR count). The van der Waals surface area contributed by atoms with Gasteiger partial charge in [-0.25, -0.2) is 0 Å². The van der Waals surface area contributed by atoms with E-state index in [0.29, 0.717) is 18.7 Å². The summed E-state index contributed by atoms with van der Waals surface area (Å²) in [7, 11) is 1.88. The second-order valence-corrected chi connectivity index (χ2v) is 7.52. The zero-order valence-corrected chi connectivity index (χ0v) is 16.0. The molecule has 0 radical (unpaired) electrons. The number of aromatic nitrogens is 5. The Kier molecular flexibility index (Phi) is 3.92. The molecule has 2 aliphatic heterocycles. The highest BCUT2D eigenvalue weighted by molar-refractivity contribution is 5.94. The monoisotopic (exact) mass is 378 g/mol. The molecule has 4 heterocycles. The lowest BCUT2D eigenvalue weighted by Crippen LogP contribution is -2.40. The van der Waals surface area contributed by atoms with Gasteiger partial charge in [-0.15, -0.1) is 10.2 Å². The molecular weight excluding hydrogens is 356 g/mol. The van der Waals surface area contributed by atoms with Gasteiger partial charge in [-0.2, -0.15) is 5.10 Å². The van der Waals surface area contributed by atoms with Gasteiger partial charge in [0.1, 0.15) is 5.75 Å². The fourth-order valence-electron chi connectivity index (χ4n) is 4.09. The third-order valence-electron chi connectivity index (χ3n) is 5.43. The summed E-state index contributed by atoms with van der Waals surface area (Å²) in [5.41, 5.74) is 2.75. The van der Waals surface area contributed by atoms with Gasteiger partial charge in [0.05, 0.1) is 31.0 Å². The summed E-state index contributed by atoms with van der Waals surface area (Å²) >= 11 is 0. The van der Waals surface area contributed by atoms with Crippen LogP contribution in [0.15, 0.2) is 30.6 Å². The molecule has 2 aromatic heterocycles. The maximum absolute atomic E-state index is 13.1. The molecule has 0 spiro atoms. The molecule has 1 aromatic carbocycles. The van der Waals surface area contributed by atoms with Crippen molar-refractivity contribution in [3.63, 3.8) is 0 Å². The van der Waals surface area contributed by atoms with Crippen molar-refractivity contribution in [2.45, 2.75) is 32.4 Å². The van der Waals surface area contributed by atoms with Crippen LogP contribution >= 0.6 is 0 Å². The van der Waals surface area contributed by atoms with Crippen molar-refractivity contribution >= 4 is 5.91 Å². The number of ether oxygens (including phenoxy) is 1. The fraction of sp³-hybridized carbons (Fsp3) is 0.400. The summed E-state index contributed by atoms with van der Waals surface area (Å²) in [6.07, 6.45) is 5.66. The van der Waals surface area contributed by atoms with E-state index >= 15 is 0 Å². The van der Waals surface area contributed by atoms with E-state index in [-0.39, 0.29) is 11.9 Å². The average Bonchev–Trinajstić information content (AvgIpc) is 3.33. The van der Waals surface area contributed by atoms with Crippen LogP contribution in [0.4, 0.5) is 0 Å². The molecule has 0 fully saturated rings. The van der Waals surface area contributed by atoms with Gasteiger partial charge < -0.3 is 14.2 Å². The minimum absolute atomic E-state index is 0.0254. The quantitative estimate of drug-likeness (QED) is 0.683. The molecule has 0 aliphatic carbocycles. The molecule has 2 aliphatic rings. The van der Waals surface area contributed by atoms with Crippen molar-refractivity contribution in [1.82, 2.24) is 29.4 Å². The standard InChI is InChI=1S/C20H22N6O2/c1-13-10-25(20(27)15-5-6-17-14(8-15)4-3-7-28-17)12-18-22-23-19(26(13)18)16-9-21-24(2)11-16/h5-6,8-9,11,13H,3-4,7,10,12H2,1-2H3/t13-/m0/s1. The fourth-order valence-corrected chi connectivity index (χ4v) is 4.09. The van der Waals surface area contributed by atoms with E-state index < -0.39 is 0 Å². The van der Waals surface area contributed by atoms with Crippen molar-refractivity contribution in [3.8, 4) is 17.1 Å². The first-order valence-corrected chi connectivity index (χ1v) is 9.58. The van der Waals surface area contributed by atoms with Gasteiger partial charge in [0, 0.05) is 25.4 Å². The number of hydrogen-bond acceptors (Lipinski definition) is 5. The number of carbonyl (C=O) groups is 1. The van der Waals surface area contributed by atoms with Gasteiger partial charge >= 0.3 is 0 Å². The van der Waals surface area contributed by atoms with Crippen molar-refractivity contribution in [2.24, 2.45) is 7.05 Å². The summed E-state index contributed by atoms with van der Waals surface area (Å²) in [5, 5.41) is 12.9. The molecule has 0 saturated heterocycles. The maximum Gasteiger partial charge on any atom is 0.254 e. The first kappa shape index (κ1) is 17.0. The van der Waals surface area contributed by atoms with Gasteiger partial charge in [-0.3, -0.25) is 9.48 Å². The average molecular weight is 378 g/mol. The van der Waals surface area contributed by atoms with E-state index in [2.05, 4.69) is 26.8 Å². The van der Waals surface area contributed by atoms with Crippen molar-refractivity contribution in [1.29, 1.82) is 0 Å². The second kappa shape index (κ2) is 6.47. The Hall–Kier alpha value is -3.16. The highest BCUT2D eigenvalue weighted by atomic mass is 16.5. The van der Waals surface area contributed by atoms with E-state index in [9.17, 15) is 4.79 Å². The van der Waals surface area contributed by atoms with Crippen LogP contribution in [0.1, 0.15) is 41.1 Å². The normalized spacial score (nSPS) is 18.4. The van der Waals surface area contributed by atoms with Crippen LogP contribution in [0.5, 0.6) is 5.75 Å². The molecule has 1 amide bonds. The third kappa shape index (κ3) is 2.76. The largest absolute Gasteiger partial charge is 0.493 e. The van der Waals surface area contributed by atoms with Gasteiger partial charge in [0.25, 0.3) is 5.91 Å². The topological polar surface area (TPSA) is 78.1 Å². The summed E-state index contributed by atoms with van der Waals surface area (Å²) in [6.45, 7) is 3.90. The summed E-state index contributed by atoms with van der Waals surface area (Å²) < 4.78 is 9.52. The molecule has 0 unspecified atom stereocenters. The van der Waals surface area contributed by atoms with Gasteiger partial charge in [0.2, 0.25) is 0 Å². The smallest absolute Gasteiger partial charge is 0.254 e. The Morgan fingerprint density at radius 1 is 1.29 bits per heavy atom. The third-order valence-corrected chi connectivity index (χ3v) is 5.43. The van der Waals surface area contributed by atoms with E-state index in [1.807, 2.05) is 36.3 Å². The van der Waals surface area contributed by atoms with Crippen LogP contribution in [0.2, 0.25) is 0 Å². The summed E-state index contributed by atoms with van der Waals surface area (Å²) in [4.78, 5) is 15.0. The molecule has 8 nitrogen and oxygen atoms in total. The van der Waals surface area contributed by atoms with Crippen LogP contribution < -0.4 is 4.74 Å². The van der Waals surface area contributed by atoms with Crippen LogP contribution in [0, 0.1) is 0 Å². The summed E-state index contributed by atoms with van der Waals surface area (Å²) in [6, 6.07) is 5.83. The highest BCUT2D eigenvalue weighted by Gasteiger charge is 2.30. The Labute approximate surface area is 162 Å². The number of aryl methyl sites for hydroxylation is 2. The minimum Gasteiger partial charge on any atom is -0.493 e. The van der Waals surface area contributed by atoms with Crippen LogP contribution in [0.25, 0.3) is 11.4 Å². The number of rotatable bonds is 2. The van der Waals surface area contributed by atoms with Crippen LogP contribution in [0.3, 0.4) is 0 Å². The van der Waals surface area contributed by atoms with E-state index in [1.54, 1.807) is 10.9 Å². The van der Waals surface area contributed by atoms with Gasteiger partial charge in [-0.1, -0.05) is 0 Å². The number of amides is 1. The van der Waals surface area contributed by atoms with Crippen molar-refractivity contribution in [3.05, 3.63) is 47.5 Å². The van der Waals surface area contributed by atoms with E-state index in [1.165, 1.54) is 0 Å². The zero-order chi connectivity index (χ0) is 19.3. The molecule has 3 aromatic rings. The molecule has 28 heavy (non-hydrogen) atoms. The molecule has 1 atom stereocenters. The number of fused-ring (bicyclic) bond motifs is 2. The lowest BCUT2D eigenvalue weighted by Gasteiger charge is -2.32. The molecule has 8 heteroatoms. The van der Waals surface area contributed by atoms with Gasteiger partial charge in [-0.05, 0) is 43.5 Å². The molecule has 0 N–H and O–H groups in total. The van der Waals surface area contributed by atoms with Crippen LogP contribution in [-0.4, -0.2) is 48.5 Å². The molecular formula is C20H22N6O2. The number of nitrogens with zero attached hydrogens (tertiary/aromatic N) is 6. The predicted octanol–water partition coefficient (Wildman–Crippen LogP) is 2.22. The Bertz CT molecular complexity index is 1050. The predicted molar refractivity (Wildman–Crippen MR) is 102 cm³/mol. The Balaban J connectivity index is 1.42. The molecule has 144 valence electrons. The van der Waals surface area contributed by atoms with Crippen LogP contribution in [-0.2, 0) is 20.0 Å². The SMILES string of the molecule is C[C@H]1CN(C(=O)c2ccc3c(c2)CCCO3)Cc2nnc(-c3cnn(C)c3)n21. The number of hydrogen-bond donors (Lipinski definition) is 0. The highest BCUT2D eigenvalue weighted by Crippen LogP contribution is 2.30. The Morgan fingerprint density at radius 2 is 2.18 bits per heavy atom. The summed E-state index contributed by atoms with van der Waals surface area (Å²) in [5.74, 6) is 2.52. The second-order valence-electron chi connectivity index (χ2n) is 7.52. The van der Waals surface area contributed by atoms with E-state index in [0.717, 1.165) is 48.0 Å². The van der Waals surface area contributed by atoms with Crippen molar-refractivity contribution < 1.29 is 9.53 Å². The molecule has 0 saturated carbocycles. The lowest BCUT2D eigenvalue weighted by molar-refractivity contribution is 0.0682. The number of benzene rings is 1. The number of carbonyl (C=O) groups excluding carboxylic acids is 1. The molecule has 0 bridgehead atoms. The minimum atomic E-state index is 0.0254. The zero-order valence-electron chi connectivity index (χ0n) is 16.0. The first-order valence-electron chi connectivity index (χ1n) is 9.58. The maximum atomic E-state index is 13.1. The first-order chi connectivity index (χ1) is 13.6. The van der Waals surface area contributed by atoms with Crippen molar-refractivity contribution in [2.75, 3.05) is 13.2 Å².